The van der Waals surface area contributed by atoms with Gasteiger partial charge in [0.05, 0.1) is 19.8 Å². The van der Waals surface area contributed by atoms with Crippen LogP contribution in [-0.2, 0) is 23.7 Å². The minimum atomic E-state index is -1.55. The number of aliphatic hydroxyl groups is 4. The highest BCUT2D eigenvalue weighted by atomic mass is 16.7. The van der Waals surface area contributed by atoms with Gasteiger partial charge in [0.1, 0.15) is 30.5 Å². The van der Waals surface area contributed by atoms with Gasteiger partial charge in [-0.05, 0) is 103 Å². The minimum Gasteiger partial charge on any atom is -0.457 e. The first-order valence-corrected chi connectivity index (χ1v) is 25.6. The summed E-state index contributed by atoms with van der Waals surface area (Å²) in [5, 5.41) is 40.3. The molecule has 0 bridgehead atoms. The maximum absolute atomic E-state index is 12.8. The molecule has 1 fully saturated rings. The average molecular weight is 921 g/mol. The Hall–Kier alpha value is -3.41. The second kappa shape index (κ2) is 46.7. The fraction of sp³-hybridized carbons (Fsp3) is 0.632. The van der Waals surface area contributed by atoms with Crippen LogP contribution in [0.3, 0.4) is 0 Å². The van der Waals surface area contributed by atoms with Crippen LogP contribution >= 0.6 is 0 Å². The molecule has 0 radical (unpaired) electrons. The van der Waals surface area contributed by atoms with Gasteiger partial charge >= 0.3 is 5.97 Å². The summed E-state index contributed by atoms with van der Waals surface area (Å²) >= 11 is 0. The molecule has 0 saturated carbocycles. The molecule has 66 heavy (non-hydrogen) atoms. The molecule has 9 heteroatoms. The number of aliphatic hydroxyl groups excluding tert-OH is 4. The standard InChI is InChI=1S/C57H92O9/c1-3-5-7-9-11-13-15-17-19-21-23-24-25-26-27-28-29-30-32-34-36-38-40-42-44-46-53(59)65-51(50-64-57-56(62)55(61)54(60)52(48-58)66-57)49-63-47-45-43-41-39-37-35-33-31-22-20-18-16-14-12-10-8-6-4-2/h5-8,11-14,17-20,23-24,26-27,29-31,33,51-52,54-58,60-62H,3-4,9-10,15-16,21-22,25,28,32,34-50H2,1-2H3/b7-5-,8-6-,13-11-,14-12-,19-17-,20-18-,24-23-,27-26-,30-29-,33-31-. The van der Waals surface area contributed by atoms with Crippen molar-refractivity contribution in [2.75, 3.05) is 26.4 Å². The number of ether oxygens (including phenoxy) is 4. The molecule has 0 amide bonds. The number of rotatable bonds is 42. The third-order valence-electron chi connectivity index (χ3n) is 10.9. The summed E-state index contributed by atoms with van der Waals surface area (Å²) in [5.74, 6) is -0.341. The van der Waals surface area contributed by atoms with E-state index in [2.05, 4.69) is 135 Å². The van der Waals surface area contributed by atoms with Crippen molar-refractivity contribution in [2.24, 2.45) is 0 Å². The summed E-state index contributed by atoms with van der Waals surface area (Å²) in [7, 11) is 0. The van der Waals surface area contributed by atoms with Crippen LogP contribution in [-0.4, -0.2) is 89.6 Å². The molecule has 0 aliphatic carbocycles. The molecule has 374 valence electrons. The number of unbranched alkanes of at least 4 members (excludes halogenated alkanes) is 11. The minimum absolute atomic E-state index is 0.117. The van der Waals surface area contributed by atoms with E-state index >= 15 is 0 Å². The summed E-state index contributed by atoms with van der Waals surface area (Å²) in [5.41, 5.74) is 0. The van der Waals surface area contributed by atoms with Crippen molar-refractivity contribution in [2.45, 2.75) is 205 Å². The second-order valence-electron chi connectivity index (χ2n) is 16.8. The molecule has 1 heterocycles. The molecular weight excluding hydrogens is 829 g/mol. The number of hydrogen-bond acceptors (Lipinski definition) is 9. The van der Waals surface area contributed by atoms with Gasteiger partial charge in [0.25, 0.3) is 0 Å². The predicted molar refractivity (Wildman–Crippen MR) is 274 cm³/mol. The maximum Gasteiger partial charge on any atom is 0.306 e. The molecule has 9 nitrogen and oxygen atoms in total. The molecule has 0 aromatic rings. The van der Waals surface area contributed by atoms with Crippen molar-refractivity contribution in [3.05, 3.63) is 122 Å². The van der Waals surface area contributed by atoms with E-state index in [1.54, 1.807) is 0 Å². The smallest absolute Gasteiger partial charge is 0.306 e. The zero-order valence-electron chi connectivity index (χ0n) is 41.1. The molecule has 1 rings (SSSR count). The molecule has 1 saturated heterocycles. The number of hydrogen-bond donors (Lipinski definition) is 4. The lowest BCUT2D eigenvalue weighted by atomic mass is 9.99. The van der Waals surface area contributed by atoms with E-state index < -0.39 is 43.4 Å². The van der Waals surface area contributed by atoms with Gasteiger partial charge in [-0.2, -0.15) is 0 Å². The Balaban J connectivity index is 2.25. The number of carbonyl (C=O) groups is 1. The van der Waals surface area contributed by atoms with Crippen LogP contribution in [0.5, 0.6) is 0 Å². The zero-order valence-corrected chi connectivity index (χ0v) is 41.1. The third kappa shape index (κ3) is 36.7. The first-order chi connectivity index (χ1) is 32.4. The van der Waals surface area contributed by atoms with Crippen molar-refractivity contribution in [3.8, 4) is 0 Å². The monoisotopic (exact) mass is 921 g/mol. The zero-order chi connectivity index (χ0) is 47.8. The first kappa shape index (κ1) is 60.6. The molecule has 6 unspecified atom stereocenters. The van der Waals surface area contributed by atoms with E-state index in [0.29, 0.717) is 6.61 Å². The van der Waals surface area contributed by atoms with Crippen molar-refractivity contribution in [1.29, 1.82) is 0 Å². The van der Waals surface area contributed by atoms with Crippen LogP contribution in [0.25, 0.3) is 0 Å². The van der Waals surface area contributed by atoms with Crippen LogP contribution in [0.1, 0.15) is 168 Å². The highest BCUT2D eigenvalue weighted by Crippen LogP contribution is 2.22. The summed E-state index contributed by atoms with van der Waals surface area (Å²) in [6.07, 6.45) is 60.8. The summed E-state index contributed by atoms with van der Waals surface area (Å²) in [4.78, 5) is 12.8. The Morgan fingerprint density at radius 3 is 1.32 bits per heavy atom. The Kier molecular flexibility index (Phi) is 42.9. The molecule has 0 aromatic heterocycles. The number of carbonyl (C=O) groups excluding carboxylic acids is 1. The molecule has 1 aliphatic heterocycles. The largest absolute Gasteiger partial charge is 0.457 e. The predicted octanol–water partition coefficient (Wildman–Crippen LogP) is 12.7. The topological polar surface area (TPSA) is 135 Å². The van der Waals surface area contributed by atoms with Crippen molar-refractivity contribution < 1.29 is 44.2 Å². The van der Waals surface area contributed by atoms with Gasteiger partial charge in [0.15, 0.2) is 6.29 Å². The molecule has 0 spiro atoms. The lowest BCUT2D eigenvalue weighted by molar-refractivity contribution is -0.305. The Morgan fingerprint density at radius 1 is 0.485 bits per heavy atom. The maximum atomic E-state index is 12.8. The fourth-order valence-corrected chi connectivity index (χ4v) is 6.96. The van der Waals surface area contributed by atoms with Gasteiger partial charge in [-0.3, -0.25) is 4.79 Å². The van der Waals surface area contributed by atoms with E-state index in [9.17, 15) is 25.2 Å². The Morgan fingerprint density at radius 2 is 0.879 bits per heavy atom. The van der Waals surface area contributed by atoms with Crippen LogP contribution < -0.4 is 0 Å². The lowest BCUT2D eigenvalue weighted by Crippen LogP contribution is -2.59. The number of allylic oxidation sites excluding steroid dienone is 20. The van der Waals surface area contributed by atoms with Crippen molar-refractivity contribution in [1.82, 2.24) is 0 Å². The fourth-order valence-electron chi connectivity index (χ4n) is 6.96. The summed E-state index contributed by atoms with van der Waals surface area (Å²) in [6, 6.07) is 0. The first-order valence-electron chi connectivity index (χ1n) is 25.6. The van der Waals surface area contributed by atoms with Crippen molar-refractivity contribution >= 4 is 5.97 Å². The SMILES string of the molecule is CC/C=C\C/C=C\C/C=C\C/C=C\C/C=C\C/C=C\CCCCCCCCC(=O)OC(COCCCCCCC/C=C\C/C=C\C/C=C\C/C=C\CC)COC1OC(CO)C(O)C(O)C1O. The molecule has 4 N–H and O–H groups in total. The van der Waals surface area contributed by atoms with Gasteiger partial charge in [-0.1, -0.05) is 180 Å². The van der Waals surface area contributed by atoms with Crippen LogP contribution in [0.15, 0.2) is 122 Å². The molecule has 6 atom stereocenters. The van der Waals surface area contributed by atoms with Gasteiger partial charge in [-0.25, -0.2) is 0 Å². The summed E-state index contributed by atoms with van der Waals surface area (Å²) in [6.45, 7) is 4.25. The van der Waals surface area contributed by atoms with Crippen LogP contribution in [0, 0.1) is 0 Å². The van der Waals surface area contributed by atoms with Gasteiger partial charge in [-0.15, -0.1) is 0 Å². The van der Waals surface area contributed by atoms with E-state index in [1.807, 2.05) is 0 Å². The average Bonchev–Trinajstić information content (AvgIpc) is 3.32. The third-order valence-corrected chi connectivity index (χ3v) is 10.9. The van der Waals surface area contributed by atoms with Gasteiger partial charge < -0.3 is 39.4 Å². The van der Waals surface area contributed by atoms with Gasteiger partial charge in [0, 0.05) is 13.0 Å². The molecule has 1 aliphatic rings. The summed E-state index contributed by atoms with van der Waals surface area (Å²) < 4.78 is 22.9. The highest BCUT2D eigenvalue weighted by Gasteiger charge is 2.44. The van der Waals surface area contributed by atoms with E-state index in [4.69, 9.17) is 18.9 Å². The van der Waals surface area contributed by atoms with Crippen molar-refractivity contribution in [3.63, 3.8) is 0 Å². The number of esters is 1. The van der Waals surface area contributed by atoms with Crippen LogP contribution in [0.2, 0.25) is 0 Å². The second-order valence-corrected chi connectivity index (χ2v) is 16.8. The van der Waals surface area contributed by atoms with E-state index in [1.165, 1.54) is 0 Å². The van der Waals surface area contributed by atoms with E-state index in [-0.39, 0.29) is 25.6 Å². The normalized spacial score (nSPS) is 20.4. The van der Waals surface area contributed by atoms with E-state index in [0.717, 1.165) is 148 Å². The Labute approximate surface area is 401 Å². The quantitative estimate of drug-likeness (QED) is 0.0268. The molecular formula is C57H92O9. The Bertz CT molecular complexity index is 1420. The highest BCUT2D eigenvalue weighted by molar-refractivity contribution is 5.69. The van der Waals surface area contributed by atoms with Crippen LogP contribution in [0.4, 0.5) is 0 Å². The van der Waals surface area contributed by atoms with Gasteiger partial charge in [0.2, 0.25) is 0 Å². The lowest BCUT2D eigenvalue weighted by Gasteiger charge is -2.39. The molecule has 0 aromatic carbocycles.